The summed E-state index contributed by atoms with van der Waals surface area (Å²) in [5, 5.41) is 5.99. The number of carbonyl (C=O) groups excluding carboxylic acids is 1. The summed E-state index contributed by atoms with van der Waals surface area (Å²) in [6.07, 6.45) is 0. The Bertz CT molecular complexity index is 897. The highest BCUT2D eigenvalue weighted by molar-refractivity contribution is 7.14. The summed E-state index contributed by atoms with van der Waals surface area (Å²) in [4.78, 5) is 19.8. The molecule has 1 aromatic carbocycles. The number of carbonyl (C=O) groups is 1. The summed E-state index contributed by atoms with van der Waals surface area (Å²) in [5.41, 5.74) is 4.72. The first-order valence-corrected chi connectivity index (χ1v) is 8.56. The zero-order chi connectivity index (χ0) is 18.0. The topological polar surface area (TPSA) is 76.2 Å². The van der Waals surface area contributed by atoms with Crippen LogP contribution in [0.4, 0.5) is 10.8 Å². The van der Waals surface area contributed by atoms with Gasteiger partial charge in [0.25, 0.3) is 0 Å². The van der Waals surface area contributed by atoms with E-state index in [1.165, 1.54) is 18.4 Å². The number of nitrogens with one attached hydrogen (secondary N) is 2. The normalized spacial score (nSPS) is 10.6. The average Bonchev–Trinajstić information content (AvgIpc) is 3.19. The van der Waals surface area contributed by atoms with Crippen LogP contribution in [0.3, 0.4) is 0 Å². The molecule has 0 aliphatic heterocycles. The molecular formula is C18H19N3O3S. The van der Waals surface area contributed by atoms with Crippen LogP contribution < -0.4 is 10.1 Å². The smallest absolute Gasteiger partial charge is 0.339 e. The highest BCUT2D eigenvalue weighted by Gasteiger charge is 2.20. The van der Waals surface area contributed by atoms with Crippen molar-refractivity contribution in [3.63, 3.8) is 0 Å². The number of aromatic nitrogens is 2. The first-order valence-electron chi connectivity index (χ1n) is 7.68. The fraction of sp³-hybridized carbons (Fsp3) is 0.222. The highest BCUT2D eigenvalue weighted by atomic mass is 32.1. The lowest BCUT2D eigenvalue weighted by Gasteiger charge is -2.04. The third kappa shape index (κ3) is 3.36. The fourth-order valence-electron chi connectivity index (χ4n) is 2.66. The molecule has 0 bridgehead atoms. The Kier molecular flexibility index (Phi) is 4.76. The molecule has 0 saturated heterocycles. The van der Waals surface area contributed by atoms with Gasteiger partial charge in [-0.25, -0.2) is 9.78 Å². The summed E-state index contributed by atoms with van der Waals surface area (Å²) < 4.78 is 10.0. The molecule has 2 heterocycles. The fourth-order valence-corrected chi connectivity index (χ4v) is 3.38. The van der Waals surface area contributed by atoms with Crippen molar-refractivity contribution in [2.75, 3.05) is 19.5 Å². The molecule has 0 amide bonds. The number of hydrogen-bond donors (Lipinski definition) is 2. The predicted octanol–water partition coefficient (Wildman–Crippen LogP) is 4.29. The highest BCUT2D eigenvalue weighted by Crippen LogP contribution is 2.31. The van der Waals surface area contributed by atoms with Gasteiger partial charge in [-0.15, -0.1) is 11.3 Å². The Balaban J connectivity index is 1.85. The van der Waals surface area contributed by atoms with Crippen molar-refractivity contribution in [3.05, 3.63) is 46.5 Å². The second-order valence-corrected chi connectivity index (χ2v) is 6.37. The van der Waals surface area contributed by atoms with Gasteiger partial charge in [-0.1, -0.05) is 0 Å². The van der Waals surface area contributed by atoms with Crippen molar-refractivity contribution in [1.82, 2.24) is 9.97 Å². The van der Waals surface area contributed by atoms with Crippen LogP contribution in [0.1, 0.15) is 21.6 Å². The monoisotopic (exact) mass is 357 g/mol. The Labute approximate surface area is 149 Å². The number of methoxy groups -OCH3 is 2. The molecule has 0 saturated carbocycles. The summed E-state index contributed by atoms with van der Waals surface area (Å²) in [6.45, 7) is 3.74. The van der Waals surface area contributed by atoms with Crippen molar-refractivity contribution in [2.45, 2.75) is 13.8 Å². The number of aryl methyl sites for hydroxylation is 1. The number of thiazole rings is 1. The summed E-state index contributed by atoms with van der Waals surface area (Å²) >= 11 is 1.50. The van der Waals surface area contributed by atoms with Crippen molar-refractivity contribution < 1.29 is 14.3 Å². The first-order chi connectivity index (χ1) is 12.0. The van der Waals surface area contributed by atoms with E-state index >= 15 is 0 Å². The van der Waals surface area contributed by atoms with Crippen molar-refractivity contribution in [1.29, 1.82) is 0 Å². The lowest BCUT2D eigenvalue weighted by molar-refractivity contribution is 0.0599. The minimum absolute atomic E-state index is 0.343. The van der Waals surface area contributed by atoms with Crippen LogP contribution in [0.2, 0.25) is 0 Å². The zero-order valence-corrected chi connectivity index (χ0v) is 15.3. The van der Waals surface area contributed by atoms with Gasteiger partial charge in [0.1, 0.15) is 11.4 Å². The van der Waals surface area contributed by atoms with Gasteiger partial charge in [-0.2, -0.15) is 0 Å². The van der Waals surface area contributed by atoms with Crippen LogP contribution in [0, 0.1) is 13.8 Å². The maximum absolute atomic E-state index is 11.9. The van der Waals surface area contributed by atoms with E-state index in [1.807, 2.05) is 43.5 Å². The minimum atomic E-state index is -0.343. The van der Waals surface area contributed by atoms with Gasteiger partial charge in [-0.3, -0.25) is 0 Å². The molecular weight excluding hydrogens is 338 g/mol. The minimum Gasteiger partial charge on any atom is -0.497 e. The van der Waals surface area contributed by atoms with Gasteiger partial charge >= 0.3 is 5.97 Å². The zero-order valence-electron chi connectivity index (χ0n) is 14.5. The number of anilines is 2. The van der Waals surface area contributed by atoms with E-state index < -0.39 is 0 Å². The molecule has 25 heavy (non-hydrogen) atoms. The van der Waals surface area contributed by atoms with E-state index in [0.717, 1.165) is 39.2 Å². The Hall–Kier alpha value is -2.80. The van der Waals surface area contributed by atoms with Crippen LogP contribution in [0.25, 0.3) is 11.4 Å². The van der Waals surface area contributed by atoms with E-state index in [1.54, 1.807) is 7.11 Å². The number of esters is 1. The van der Waals surface area contributed by atoms with Gasteiger partial charge in [0.05, 0.1) is 25.5 Å². The molecule has 7 heteroatoms. The standard InChI is InChI=1S/C18H19N3O3S/c1-10-15(17(22)24-4)11(2)19-16(10)14-9-25-18(21-14)20-12-5-7-13(23-3)8-6-12/h5-9,19H,1-4H3,(H,20,21). The molecule has 0 atom stereocenters. The van der Waals surface area contributed by atoms with Crippen LogP contribution in [0.15, 0.2) is 29.6 Å². The number of H-pyrrole nitrogens is 1. The van der Waals surface area contributed by atoms with Gasteiger partial charge in [0.2, 0.25) is 0 Å². The molecule has 3 rings (SSSR count). The Morgan fingerprint density at radius 2 is 1.92 bits per heavy atom. The number of ether oxygens (including phenoxy) is 2. The van der Waals surface area contributed by atoms with Crippen LogP contribution in [-0.4, -0.2) is 30.2 Å². The SMILES string of the molecule is COC(=O)c1c(C)[nH]c(-c2csc(Nc3ccc(OC)cc3)n2)c1C. The Morgan fingerprint density at radius 3 is 2.56 bits per heavy atom. The molecule has 6 nitrogen and oxygen atoms in total. The molecule has 0 unspecified atom stereocenters. The van der Waals surface area contributed by atoms with Gasteiger partial charge < -0.3 is 19.8 Å². The molecule has 2 aromatic heterocycles. The lowest BCUT2D eigenvalue weighted by atomic mass is 10.1. The van der Waals surface area contributed by atoms with E-state index in [2.05, 4.69) is 15.3 Å². The average molecular weight is 357 g/mol. The van der Waals surface area contributed by atoms with Crippen molar-refractivity contribution in [3.8, 4) is 17.1 Å². The molecule has 2 N–H and O–H groups in total. The van der Waals surface area contributed by atoms with Crippen molar-refractivity contribution in [2.24, 2.45) is 0 Å². The molecule has 3 aromatic rings. The van der Waals surface area contributed by atoms with Crippen LogP contribution in [0.5, 0.6) is 5.75 Å². The van der Waals surface area contributed by atoms with Gasteiger partial charge in [-0.05, 0) is 43.7 Å². The van der Waals surface area contributed by atoms with Gasteiger partial charge in [0, 0.05) is 16.8 Å². The number of rotatable bonds is 5. The van der Waals surface area contributed by atoms with Crippen LogP contribution >= 0.6 is 11.3 Å². The number of hydrogen-bond acceptors (Lipinski definition) is 6. The van der Waals surface area contributed by atoms with Crippen molar-refractivity contribution >= 4 is 28.1 Å². The maximum Gasteiger partial charge on any atom is 0.339 e. The first kappa shape index (κ1) is 17.0. The number of benzene rings is 1. The number of aromatic amines is 1. The Morgan fingerprint density at radius 1 is 1.20 bits per heavy atom. The molecule has 0 aliphatic carbocycles. The second-order valence-electron chi connectivity index (χ2n) is 5.51. The number of nitrogens with zero attached hydrogens (tertiary/aromatic N) is 1. The van der Waals surface area contributed by atoms with E-state index in [0.29, 0.717) is 5.56 Å². The van der Waals surface area contributed by atoms with E-state index in [4.69, 9.17) is 9.47 Å². The second kappa shape index (κ2) is 6.98. The van der Waals surface area contributed by atoms with Crippen LogP contribution in [-0.2, 0) is 4.74 Å². The van der Waals surface area contributed by atoms with Gasteiger partial charge in [0.15, 0.2) is 5.13 Å². The molecule has 0 fully saturated rings. The molecule has 0 spiro atoms. The summed E-state index contributed by atoms with van der Waals surface area (Å²) in [6, 6.07) is 7.63. The van der Waals surface area contributed by atoms with E-state index in [9.17, 15) is 4.79 Å². The quantitative estimate of drug-likeness (QED) is 0.666. The largest absolute Gasteiger partial charge is 0.497 e. The van der Waals surface area contributed by atoms with E-state index in [-0.39, 0.29) is 5.97 Å². The lowest BCUT2D eigenvalue weighted by Crippen LogP contribution is -2.03. The summed E-state index contributed by atoms with van der Waals surface area (Å²) in [7, 11) is 3.02. The molecule has 0 radical (unpaired) electrons. The third-order valence-corrected chi connectivity index (χ3v) is 4.69. The molecule has 0 aliphatic rings. The predicted molar refractivity (Wildman–Crippen MR) is 99.0 cm³/mol. The maximum atomic E-state index is 11.9. The third-order valence-electron chi connectivity index (χ3n) is 3.93. The summed E-state index contributed by atoms with van der Waals surface area (Å²) in [5.74, 6) is 0.461. The molecule has 130 valence electrons.